The largest absolute Gasteiger partial charge is 0.478 e. The van der Waals surface area contributed by atoms with Gasteiger partial charge >= 0.3 is 5.97 Å². The Morgan fingerprint density at radius 1 is 1.29 bits per heavy atom. The minimum absolute atomic E-state index is 0.251. The van der Waals surface area contributed by atoms with Crippen LogP contribution in [0.1, 0.15) is 30.9 Å². The molecule has 1 amide bonds. The summed E-state index contributed by atoms with van der Waals surface area (Å²) in [5.74, 6) is -1.29. The fourth-order valence-corrected chi connectivity index (χ4v) is 1.98. The number of benzene rings is 1. The Bertz CT molecular complexity index is 495. The first kappa shape index (κ1) is 16.9. The molecule has 0 aliphatic carbocycles. The Morgan fingerprint density at radius 2 is 1.95 bits per heavy atom. The van der Waals surface area contributed by atoms with Crippen molar-refractivity contribution in [2.75, 3.05) is 13.1 Å². The monoisotopic (exact) mass is 290 g/mol. The van der Waals surface area contributed by atoms with Crippen LogP contribution < -0.4 is 5.73 Å². The highest BCUT2D eigenvalue weighted by Crippen LogP contribution is 2.09. The van der Waals surface area contributed by atoms with Crippen LogP contribution >= 0.6 is 0 Å². The predicted molar refractivity (Wildman–Crippen MR) is 82.5 cm³/mol. The molecular weight excluding hydrogens is 268 g/mol. The van der Waals surface area contributed by atoms with Crippen molar-refractivity contribution in [3.05, 3.63) is 41.5 Å². The molecule has 114 valence electrons. The van der Waals surface area contributed by atoms with E-state index in [2.05, 4.69) is 6.92 Å². The zero-order chi connectivity index (χ0) is 15.7. The van der Waals surface area contributed by atoms with Crippen molar-refractivity contribution in [3.63, 3.8) is 0 Å². The van der Waals surface area contributed by atoms with Crippen molar-refractivity contribution in [1.82, 2.24) is 4.90 Å². The van der Waals surface area contributed by atoms with Gasteiger partial charge in [0.1, 0.15) is 0 Å². The van der Waals surface area contributed by atoms with E-state index in [-0.39, 0.29) is 12.5 Å². The molecule has 0 spiro atoms. The van der Waals surface area contributed by atoms with E-state index in [1.54, 1.807) is 6.08 Å². The van der Waals surface area contributed by atoms with Gasteiger partial charge in [-0.2, -0.15) is 0 Å². The number of hydrogen-bond acceptors (Lipinski definition) is 3. The lowest BCUT2D eigenvalue weighted by Gasteiger charge is -2.20. The third-order valence-electron chi connectivity index (χ3n) is 3.01. The minimum Gasteiger partial charge on any atom is -0.478 e. The maximum Gasteiger partial charge on any atom is 0.328 e. The number of primary amides is 1. The van der Waals surface area contributed by atoms with E-state index in [9.17, 15) is 9.59 Å². The quantitative estimate of drug-likeness (QED) is 0.680. The topological polar surface area (TPSA) is 83.6 Å². The number of unbranched alkanes of at least 4 members (excludes halogenated alkanes) is 1. The van der Waals surface area contributed by atoms with Gasteiger partial charge in [0.2, 0.25) is 5.91 Å². The van der Waals surface area contributed by atoms with Crippen molar-refractivity contribution < 1.29 is 14.7 Å². The molecule has 0 aromatic heterocycles. The third kappa shape index (κ3) is 7.27. The second-order valence-corrected chi connectivity index (χ2v) is 4.94. The number of hydrogen-bond donors (Lipinski definition) is 2. The van der Waals surface area contributed by atoms with Gasteiger partial charge in [0.05, 0.1) is 6.54 Å². The Hall–Kier alpha value is -2.14. The number of aliphatic carboxylic acids is 1. The summed E-state index contributed by atoms with van der Waals surface area (Å²) in [6, 6.07) is 7.58. The predicted octanol–water partition coefficient (Wildman–Crippen LogP) is 1.87. The maximum atomic E-state index is 11.1. The standard InChI is InChI=1S/C16H22N2O3/c1-2-3-10-18(12-15(17)19)11-14-6-4-13(5-7-14)8-9-16(20)21/h4-9H,2-3,10-12H2,1H3,(H2,17,19)(H,20,21). The molecule has 0 bridgehead atoms. The maximum absolute atomic E-state index is 11.1. The van der Waals surface area contributed by atoms with Crippen LogP contribution in [0.25, 0.3) is 6.08 Å². The molecule has 21 heavy (non-hydrogen) atoms. The van der Waals surface area contributed by atoms with Gasteiger partial charge in [0.15, 0.2) is 0 Å². The molecule has 0 heterocycles. The van der Waals surface area contributed by atoms with E-state index in [1.165, 1.54) is 0 Å². The Labute approximate surface area is 125 Å². The molecule has 0 atom stereocenters. The number of carbonyl (C=O) groups is 2. The number of amides is 1. The first-order valence-electron chi connectivity index (χ1n) is 7.02. The van der Waals surface area contributed by atoms with E-state index in [0.29, 0.717) is 6.54 Å². The van der Waals surface area contributed by atoms with Crippen molar-refractivity contribution in [3.8, 4) is 0 Å². The molecular formula is C16H22N2O3. The average Bonchev–Trinajstić information content (AvgIpc) is 2.43. The lowest BCUT2D eigenvalue weighted by atomic mass is 10.1. The Morgan fingerprint density at radius 3 is 2.48 bits per heavy atom. The summed E-state index contributed by atoms with van der Waals surface area (Å²) < 4.78 is 0. The number of carbonyl (C=O) groups excluding carboxylic acids is 1. The molecule has 5 nitrogen and oxygen atoms in total. The van der Waals surface area contributed by atoms with E-state index in [1.807, 2.05) is 29.2 Å². The van der Waals surface area contributed by atoms with Gasteiger partial charge in [-0.05, 0) is 30.2 Å². The first-order valence-corrected chi connectivity index (χ1v) is 7.02. The van der Waals surface area contributed by atoms with Crippen molar-refractivity contribution in [1.29, 1.82) is 0 Å². The molecule has 1 rings (SSSR count). The number of rotatable bonds is 9. The van der Waals surface area contributed by atoms with Crippen molar-refractivity contribution in [2.45, 2.75) is 26.3 Å². The zero-order valence-electron chi connectivity index (χ0n) is 12.3. The highest BCUT2D eigenvalue weighted by molar-refractivity contribution is 5.85. The summed E-state index contributed by atoms with van der Waals surface area (Å²) in [5, 5.41) is 8.58. The van der Waals surface area contributed by atoms with E-state index >= 15 is 0 Å². The number of carboxylic acid groups (broad SMARTS) is 1. The minimum atomic E-state index is -0.966. The van der Waals surface area contributed by atoms with Crippen LogP contribution in [0.15, 0.2) is 30.3 Å². The smallest absolute Gasteiger partial charge is 0.328 e. The zero-order valence-corrected chi connectivity index (χ0v) is 12.3. The normalized spacial score (nSPS) is 11.1. The van der Waals surface area contributed by atoms with Gasteiger partial charge in [-0.3, -0.25) is 9.69 Å². The second kappa shape index (κ2) is 8.92. The highest BCUT2D eigenvalue weighted by atomic mass is 16.4. The highest BCUT2D eigenvalue weighted by Gasteiger charge is 2.08. The van der Waals surface area contributed by atoms with Crippen molar-refractivity contribution in [2.24, 2.45) is 5.73 Å². The van der Waals surface area contributed by atoms with Gasteiger partial charge in [-0.1, -0.05) is 37.6 Å². The second-order valence-electron chi connectivity index (χ2n) is 4.94. The van der Waals surface area contributed by atoms with E-state index < -0.39 is 5.97 Å². The number of carboxylic acids is 1. The fraction of sp³-hybridized carbons (Fsp3) is 0.375. The van der Waals surface area contributed by atoms with Crippen LogP contribution in [0, 0.1) is 0 Å². The summed E-state index contributed by atoms with van der Waals surface area (Å²) in [7, 11) is 0. The van der Waals surface area contributed by atoms with Crippen LogP contribution in [0.2, 0.25) is 0 Å². The molecule has 1 aromatic carbocycles. The molecule has 3 N–H and O–H groups in total. The molecule has 0 saturated carbocycles. The lowest BCUT2D eigenvalue weighted by Crippen LogP contribution is -2.34. The number of nitrogens with zero attached hydrogens (tertiary/aromatic N) is 1. The third-order valence-corrected chi connectivity index (χ3v) is 3.01. The summed E-state index contributed by atoms with van der Waals surface area (Å²) in [6.07, 6.45) is 4.74. The van der Waals surface area contributed by atoms with Crippen LogP contribution in [-0.2, 0) is 16.1 Å². The molecule has 0 aliphatic rings. The Kier molecular flexibility index (Phi) is 7.18. The summed E-state index contributed by atoms with van der Waals surface area (Å²) in [4.78, 5) is 23.6. The van der Waals surface area contributed by atoms with Crippen LogP contribution in [0.4, 0.5) is 0 Å². The Balaban J connectivity index is 2.66. The first-order chi connectivity index (χ1) is 10.0. The molecule has 0 saturated heterocycles. The lowest BCUT2D eigenvalue weighted by molar-refractivity contribution is -0.131. The molecule has 0 radical (unpaired) electrons. The number of nitrogens with two attached hydrogens (primary N) is 1. The van der Waals surface area contributed by atoms with E-state index in [0.717, 1.165) is 36.6 Å². The van der Waals surface area contributed by atoms with Gasteiger partial charge in [0, 0.05) is 12.6 Å². The summed E-state index contributed by atoms with van der Waals surface area (Å²) in [6.45, 7) is 3.85. The molecule has 0 fully saturated rings. The van der Waals surface area contributed by atoms with Crippen LogP contribution in [0.3, 0.4) is 0 Å². The van der Waals surface area contributed by atoms with Gasteiger partial charge in [-0.15, -0.1) is 0 Å². The van der Waals surface area contributed by atoms with Gasteiger partial charge in [-0.25, -0.2) is 4.79 Å². The molecule has 5 heteroatoms. The van der Waals surface area contributed by atoms with Crippen LogP contribution in [0.5, 0.6) is 0 Å². The van der Waals surface area contributed by atoms with Crippen molar-refractivity contribution >= 4 is 18.0 Å². The van der Waals surface area contributed by atoms with Crippen LogP contribution in [-0.4, -0.2) is 35.0 Å². The molecule has 1 aromatic rings. The summed E-state index contributed by atoms with van der Waals surface area (Å²) >= 11 is 0. The molecule has 0 unspecified atom stereocenters. The SMILES string of the molecule is CCCCN(CC(N)=O)Cc1ccc(C=CC(=O)O)cc1. The van der Waals surface area contributed by atoms with E-state index in [4.69, 9.17) is 10.8 Å². The summed E-state index contributed by atoms with van der Waals surface area (Å²) in [5.41, 5.74) is 7.16. The average molecular weight is 290 g/mol. The fourth-order valence-electron chi connectivity index (χ4n) is 1.98. The van der Waals surface area contributed by atoms with Gasteiger partial charge < -0.3 is 10.8 Å². The van der Waals surface area contributed by atoms with Gasteiger partial charge in [0.25, 0.3) is 0 Å². The molecule has 0 aliphatic heterocycles.